The molecule has 1 aliphatic heterocycles. The number of esters is 1. The molecule has 2 rings (SSSR count). The van der Waals surface area contributed by atoms with Crippen LogP contribution >= 0.6 is 0 Å². The molecule has 0 saturated carbocycles. The third-order valence-corrected chi connectivity index (χ3v) is 4.01. The lowest BCUT2D eigenvalue weighted by Crippen LogP contribution is -2.44. The van der Waals surface area contributed by atoms with E-state index >= 15 is 0 Å². The van der Waals surface area contributed by atoms with Crippen LogP contribution in [0.3, 0.4) is 0 Å². The number of carbonyl (C=O) groups is 2. The minimum Gasteiger partial charge on any atom is -0.467 e. The highest BCUT2D eigenvalue weighted by Gasteiger charge is 2.46. The summed E-state index contributed by atoms with van der Waals surface area (Å²) >= 11 is 0. The number of carbonyl (C=O) groups excluding carboxylic acids is 2. The van der Waals surface area contributed by atoms with Gasteiger partial charge in [0.2, 0.25) is 5.91 Å². The lowest BCUT2D eigenvalue weighted by Gasteiger charge is -2.26. The highest BCUT2D eigenvalue weighted by atomic mass is 16.5. The van der Waals surface area contributed by atoms with Crippen LogP contribution in [0.15, 0.2) is 30.3 Å². The van der Waals surface area contributed by atoms with Crippen molar-refractivity contribution in [3.05, 3.63) is 35.9 Å². The lowest BCUT2D eigenvalue weighted by molar-refractivity contribution is -0.151. The normalized spacial score (nSPS) is 22.3. The number of benzene rings is 1. The Morgan fingerprint density at radius 1 is 1.29 bits per heavy atom. The molecular formula is C17H25NO3. The molecule has 1 aromatic carbocycles. The first kappa shape index (κ1) is 17.2. The zero-order chi connectivity index (χ0) is 16.0. The maximum absolute atomic E-state index is 12.6. The van der Waals surface area contributed by atoms with Crippen molar-refractivity contribution in [2.45, 2.75) is 45.6 Å². The van der Waals surface area contributed by atoms with Crippen molar-refractivity contribution in [1.82, 2.24) is 4.90 Å². The van der Waals surface area contributed by atoms with E-state index in [1.165, 1.54) is 7.11 Å². The molecule has 1 aliphatic rings. The Balaban J connectivity index is 0.00000106. The number of likely N-dealkylation sites (tertiary alicyclic amines) is 1. The van der Waals surface area contributed by atoms with Gasteiger partial charge in [0.1, 0.15) is 6.04 Å². The van der Waals surface area contributed by atoms with Gasteiger partial charge in [-0.15, -0.1) is 0 Å². The number of methoxy groups -OCH3 is 1. The molecule has 1 amide bonds. The average Bonchev–Trinajstić information content (AvgIpc) is 2.85. The van der Waals surface area contributed by atoms with Crippen LogP contribution < -0.4 is 0 Å². The second kappa shape index (κ2) is 7.25. The third-order valence-electron chi connectivity index (χ3n) is 4.01. The van der Waals surface area contributed by atoms with Crippen molar-refractivity contribution in [3.8, 4) is 0 Å². The van der Waals surface area contributed by atoms with Gasteiger partial charge in [0.15, 0.2) is 0 Å². The van der Waals surface area contributed by atoms with Crippen LogP contribution in [-0.4, -0.2) is 36.5 Å². The van der Waals surface area contributed by atoms with Crippen LogP contribution in [0, 0.1) is 0 Å². The fourth-order valence-corrected chi connectivity index (χ4v) is 2.61. The standard InChI is InChI=1S/C15H19NO3.C2H6/c1-11(13(17)19-3)16-10-9-15(2,14(16)18)12-7-5-4-6-8-12;1-2/h4-8,11H,9-10H2,1-3H3;1-2H3/t11-,15?;/m1./s1. The molecule has 1 heterocycles. The summed E-state index contributed by atoms with van der Waals surface area (Å²) in [4.78, 5) is 25.8. The summed E-state index contributed by atoms with van der Waals surface area (Å²) in [5.41, 5.74) is 0.461. The molecular weight excluding hydrogens is 266 g/mol. The van der Waals surface area contributed by atoms with E-state index in [4.69, 9.17) is 4.74 Å². The number of hydrogen-bond donors (Lipinski definition) is 0. The number of nitrogens with zero attached hydrogens (tertiary/aromatic N) is 1. The zero-order valence-electron chi connectivity index (χ0n) is 13.6. The number of amides is 1. The maximum atomic E-state index is 12.6. The molecule has 0 bridgehead atoms. The monoisotopic (exact) mass is 291 g/mol. The molecule has 0 aliphatic carbocycles. The summed E-state index contributed by atoms with van der Waals surface area (Å²) in [6, 6.07) is 9.19. The average molecular weight is 291 g/mol. The molecule has 2 atom stereocenters. The summed E-state index contributed by atoms with van der Waals surface area (Å²) in [7, 11) is 1.34. The van der Waals surface area contributed by atoms with E-state index in [1.807, 2.05) is 51.1 Å². The summed E-state index contributed by atoms with van der Waals surface area (Å²) in [5.74, 6) is -0.373. The van der Waals surface area contributed by atoms with E-state index in [9.17, 15) is 9.59 Å². The predicted molar refractivity (Wildman–Crippen MR) is 83.0 cm³/mol. The number of ether oxygens (including phenoxy) is 1. The second-order valence-electron chi connectivity index (χ2n) is 5.15. The van der Waals surface area contributed by atoms with Crippen LogP contribution in [0.25, 0.3) is 0 Å². The Morgan fingerprint density at radius 2 is 1.86 bits per heavy atom. The van der Waals surface area contributed by atoms with Gasteiger partial charge in [0.25, 0.3) is 0 Å². The Kier molecular flexibility index (Phi) is 5.94. The molecule has 4 nitrogen and oxygen atoms in total. The smallest absolute Gasteiger partial charge is 0.328 e. The van der Waals surface area contributed by atoms with Crippen LogP contribution in [0.2, 0.25) is 0 Å². The number of hydrogen-bond acceptors (Lipinski definition) is 3. The molecule has 4 heteroatoms. The van der Waals surface area contributed by atoms with E-state index in [2.05, 4.69) is 0 Å². The Bertz CT molecular complexity index is 486. The minimum atomic E-state index is -0.538. The Labute approximate surface area is 127 Å². The quantitative estimate of drug-likeness (QED) is 0.805. The van der Waals surface area contributed by atoms with E-state index in [1.54, 1.807) is 11.8 Å². The second-order valence-corrected chi connectivity index (χ2v) is 5.15. The third kappa shape index (κ3) is 3.26. The van der Waals surface area contributed by atoms with Crippen molar-refractivity contribution >= 4 is 11.9 Å². The Hall–Kier alpha value is -1.84. The van der Waals surface area contributed by atoms with Gasteiger partial charge in [0, 0.05) is 6.54 Å². The van der Waals surface area contributed by atoms with Gasteiger partial charge < -0.3 is 9.64 Å². The fourth-order valence-electron chi connectivity index (χ4n) is 2.61. The SMILES string of the molecule is CC.COC(=O)[C@@H](C)N1CCC(C)(c2ccccc2)C1=O. The van der Waals surface area contributed by atoms with Gasteiger partial charge in [-0.2, -0.15) is 0 Å². The van der Waals surface area contributed by atoms with Gasteiger partial charge in [-0.25, -0.2) is 4.79 Å². The first-order chi connectivity index (χ1) is 10.0. The predicted octanol–water partition coefficient (Wildman–Crippen LogP) is 2.76. The van der Waals surface area contributed by atoms with Crippen molar-refractivity contribution in [2.24, 2.45) is 0 Å². The number of rotatable bonds is 3. The van der Waals surface area contributed by atoms with Crippen molar-refractivity contribution in [1.29, 1.82) is 0 Å². The molecule has 1 fully saturated rings. The van der Waals surface area contributed by atoms with Gasteiger partial charge in [-0.3, -0.25) is 4.79 Å². The highest BCUT2D eigenvalue weighted by molar-refractivity contribution is 5.93. The molecule has 0 spiro atoms. The van der Waals surface area contributed by atoms with Gasteiger partial charge in [-0.1, -0.05) is 44.2 Å². The van der Waals surface area contributed by atoms with E-state index in [-0.39, 0.29) is 11.9 Å². The van der Waals surface area contributed by atoms with Crippen LogP contribution in [0.5, 0.6) is 0 Å². The topological polar surface area (TPSA) is 46.6 Å². The highest BCUT2D eigenvalue weighted by Crippen LogP contribution is 2.36. The van der Waals surface area contributed by atoms with E-state index in [0.717, 1.165) is 12.0 Å². The van der Waals surface area contributed by atoms with Crippen LogP contribution in [0.4, 0.5) is 0 Å². The van der Waals surface area contributed by atoms with Gasteiger partial charge >= 0.3 is 5.97 Å². The van der Waals surface area contributed by atoms with Crippen LogP contribution in [0.1, 0.15) is 39.7 Å². The fraction of sp³-hybridized carbons (Fsp3) is 0.529. The Morgan fingerprint density at radius 3 is 2.38 bits per heavy atom. The summed E-state index contributed by atoms with van der Waals surface area (Å²) in [6.45, 7) is 8.23. The van der Waals surface area contributed by atoms with Crippen molar-refractivity contribution in [2.75, 3.05) is 13.7 Å². The lowest BCUT2D eigenvalue weighted by atomic mass is 9.81. The molecule has 0 radical (unpaired) electrons. The molecule has 116 valence electrons. The molecule has 0 aromatic heterocycles. The van der Waals surface area contributed by atoms with Crippen LogP contribution in [-0.2, 0) is 19.7 Å². The van der Waals surface area contributed by atoms with Gasteiger partial charge in [0.05, 0.1) is 12.5 Å². The largest absolute Gasteiger partial charge is 0.467 e. The molecule has 21 heavy (non-hydrogen) atoms. The molecule has 0 N–H and O–H groups in total. The molecule has 1 saturated heterocycles. The molecule has 1 aromatic rings. The van der Waals surface area contributed by atoms with E-state index < -0.39 is 11.5 Å². The first-order valence-corrected chi connectivity index (χ1v) is 7.45. The van der Waals surface area contributed by atoms with E-state index in [0.29, 0.717) is 6.54 Å². The minimum absolute atomic E-state index is 0.00315. The summed E-state index contributed by atoms with van der Waals surface area (Å²) in [6.07, 6.45) is 0.719. The van der Waals surface area contributed by atoms with Gasteiger partial charge in [-0.05, 0) is 25.8 Å². The van der Waals surface area contributed by atoms with Crippen molar-refractivity contribution in [3.63, 3.8) is 0 Å². The maximum Gasteiger partial charge on any atom is 0.328 e. The first-order valence-electron chi connectivity index (χ1n) is 7.45. The molecule has 1 unspecified atom stereocenters. The summed E-state index contributed by atoms with van der Waals surface area (Å²) in [5, 5.41) is 0. The summed E-state index contributed by atoms with van der Waals surface area (Å²) < 4.78 is 4.71. The zero-order valence-corrected chi connectivity index (χ0v) is 13.6. The van der Waals surface area contributed by atoms with Crippen molar-refractivity contribution < 1.29 is 14.3 Å².